The molecule has 0 aromatic heterocycles. The molecule has 4 rings (SSSR count). The summed E-state index contributed by atoms with van der Waals surface area (Å²) in [6.07, 6.45) is 1.54. The Labute approximate surface area is 204 Å². The Kier molecular flexibility index (Phi) is 7.92. The van der Waals surface area contributed by atoms with Crippen molar-refractivity contribution < 1.29 is 14.3 Å². The van der Waals surface area contributed by atoms with E-state index in [1.165, 1.54) is 0 Å². The largest absolute Gasteiger partial charge is 0.489 e. The van der Waals surface area contributed by atoms with E-state index in [1.54, 1.807) is 36.4 Å². The van der Waals surface area contributed by atoms with E-state index in [2.05, 4.69) is 5.32 Å². The van der Waals surface area contributed by atoms with Gasteiger partial charge in [-0.25, -0.2) is 0 Å². The number of hydrogen-bond donors (Lipinski definition) is 1. The molecule has 35 heavy (non-hydrogen) atoms. The van der Waals surface area contributed by atoms with Crippen LogP contribution in [0.4, 0.5) is 5.69 Å². The quantitative estimate of drug-likeness (QED) is 0.232. The zero-order chi connectivity index (χ0) is 24.3. The highest BCUT2D eigenvalue weighted by Gasteiger charge is 2.10. The van der Waals surface area contributed by atoms with E-state index >= 15 is 0 Å². The molecule has 5 nitrogen and oxygen atoms in total. The monoisotopic (exact) mass is 460 g/mol. The Balaban J connectivity index is 1.36. The average molecular weight is 461 g/mol. The lowest BCUT2D eigenvalue weighted by Crippen LogP contribution is -2.13. The van der Waals surface area contributed by atoms with Gasteiger partial charge in [0.05, 0.1) is 0 Å². The first kappa shape index (κ1) is 23.3. The van der Waals surface area contributed by atoms with Crippen molar-refractivity contribution in [3.05, 3.63) is 131 Å². The molecule has 0 spiro atoms. The molecule has 0 saturated carbocycles. The van der Waals surface area contributed by atoms with Crippen molar-refractivity contribution in [1.29, 1.82) is 5.26 Å². The third-order valence-corrected chi connectivity index (χ3v) is 5.14. The molecule has 1 amide bonds. The van der Waals surface area contributed by atoms with Gasteiger partial charge in [0.2, 0.25) is 0 Å². The molecule has 1 N–H and O–H groups in total. The van der Waals surface area contributed by atoms with E-state index in [-0.39, 0.29) is 5.57 Å². The number of amides is 1. The number of nitrogens with one attached hydrogen (secondary N) is 1. The Bertz CT molecular complexity index is 1330. The van der Waals surface area contributed by atoms with E-state index in [4.69, 9.17) is 9.47 Å². The van der Waals surface area contributed by atoms with Gasteiger partial charge in [0, 0.05) is 5.69 Å². The number of ether oxygens (including phenoxy) is 2. The topological polar surface area (TPSA) is 71.3 Å². The fraction of sp³-hybridized carbons (Fsp3) is 0.0667. The van der Waals surface area contributed by atoms with Crippen LogP contribution in [0.15, 0.2) is 115 Å². The zero-order valence-electron chi connectivity index (χ0n) is 19.1. The summed E-state index contributed by atoms with van der Waals surface area (Å²) in [7, 11) is 0. The third kappa shape index (κ3) is 7.08. The number of anilines is 1. The molecule has 0 aliphatic heterocycles. The van der Waals surface area contributed by atoms with Crippen LogP contribution >= 0.6 is 0 Å². The Hall–Kier alpha value is -4.82. The highest BCUT2D eigenvalue weighted by molar-refractivity contribution is 6.09. The van der Waals surface area contributed by atoms with Gasteiger partial charge in [-0.2, -0.15) is 5.26 Å². The number of nitriles is 1. The maximum Gasteiger partial charge on any atom is 0.266 e. The van der Waals surface area contributed by atoms with Crippen molar-refractivity contribution in [2.24, 2.45) is 0 Å². The summed E-state index contributed by atoms with van der Waals surface area (Å²) in [6.45, 7) is 0.895. The minimum atomic E-state index is -0.485. The lowest BCUT2D eigenvalue weighted by atomic mass is 10.1. The first-order valence-corrected chi connectivity index (χ1v) is 11.2. The molecule has 0 radical (unpaired) electrons. The number of rotatable bonds is 9. The normalized spacial score (nSPS) is 10.8. The zero-order valence-corrected chi connectivity index (χ0v) is 19.1. The fourth-order valence-electron chi connectivity index (χ4n) is 3.32. The van der Waals surface area contributed by atoms with Crippen LogP contribution in [0.5, 0.6) is 11.5 Å². The van der Waals surface area contributed by atoms with E-state index < -0.39 is 5.91 Å². The van der Waals surface area contributed by atoms with E-state index in [9.17, 15) is 10.1 Å². The van der Waals surface area contributed by atoms with Gasteiger partial charge in [-0.05, 0) is 59.2 Å². The van der Waals surface area contributed by atoms with Gasteiger partial charge < -0.3 is 14.8 Å². The lowest BCUT2D eigenvalue weighted by Gasteiger charge is -2.09. The first-order chi connectivity index (χ1) is 17.2. The van der Waals surface area contributed by atoms with Crippen LogP contribution in [0.25, 0.3) is 6.08 Å². The molecule has 4 aromatic carbocycles. The van der Waals surface area contributed by atoms with Crippen molar-refractivity contribution in [2.75, 3.05) is 5.32 Å². The van der Waals surface area contributed by atoms with Gasteiger partial charge in [0.1, 0.15) is 36.4 Å². The van der Waals surface area contributed by atoms with Crippen LogP contribution in [0, 0.1) is 11.3 Å². The summed E-state index contributed by atoms with van der Waals surface area (Å²) in [5.74, 6) is 0.864. The predicted octanol–water partition coefficient (Wildman–Crippen LogP) is 6.39. The molecule has 0 aliphatic rings. The predicted molar refractivity (Wildman–Crippen MR) is 137 cm³/mol. The van der Waals surface area contributed by atoms with Crippen LogP contribution in [0.2, 0.25) is 0 Å². The second-order valence-electron chi connectivity index (χ2n) is 7.77. The average Bonchev–Trinajstić information content (AvgIpc) is 2.91. The van der Waals surface area contributed by atoms with Crippen LogP contribution in [0.1, 0.15) is 16.7 Å². The van der Waals surface area contributed by atoms with Crippen LogP contribution in [-0.4, -0.2) is 5.91 Å². The van der Waals surface area contributed by atoms with Crippen LogP contribution in [0.3, 0.4) is 0 Å². The molecule has 5 heteroatoms. The van der Waals surface area contributed by atoms with Gasteiger partial charge in [-0.1, -0.05) is 72.8 Å². The van der Waals surface area contributed by atoms with Crippen LogP contribution in [-0.2, 0) is 18.0 Å². The SMILES string of the molecule is N#C/C(=C/c1cccc(OCc2ccccc2)c1)C(=O)Nc1ccc(OCc2ccccc2)cc1. The smallest absolute Gasteiger partial charge is 0.266 e. The Morgan fingerprint density at radius 3 is 1.94 bits per heavy atom. The van der Waals surface area contributed by atoms with Gasteiger partial charge in [0.15, 0.2) is 0 Å². The molecule has 0 atom stereocenters. The van der Waals surface area contributed by atoms with E-state index in [0.717, 1.165) is 11.1 Å². The second-order valence-corrected chi connectivity index (χ2v) is 7.77. The fourth-order valence-corrected chi connectivity index (χ4v) is 3.32. The number of carbonyl (C=O) groups excluding carboxylic acids is 1. The summed E-state index contributed by atoms with van der Waals surface area (Å²) in [5.41, 5.74) is 3.40. The maximum absolute atomic E-state index is 12.7. The molecule has 0 unspecified atom stereocenters. The number of carbonyl (C=O) groups is 1. The summed E-state index contributed by atoms with van der Waals surface area (Å²) in [4.78, 5) is 12.7. The number of nitrogens with zero attached hydrogens (tertiary/aromatic N) is 1. The summed E-state index contributed by atoms with van der Waals surface area (Å²) >= 11 is 0. The highest BCUT2D eigenvalue weighted by atomic mass is 16.5. The second kappa shape index (κ2) is 11.9. The van der Waals surface area contributed by atoms with Gasteiger partial charge in [-0.3, -0.25) is 4.79 Å². The first-order valence-electron chi connectivity index (χ1n) is 11.2. The van der Waals surface area contributed by atoms with Crippen molar-refractivity contribution in [3.8, 4) is 17.6 Å². The Morgan fingerprint density at radius 1 is 0.743 bits per heavy atom. The molecule has 4 aromatic rings. The molecule has 0 bridgehead atoms. The molecule has 0 aliphatic carbocycles. The minimum absolute atomic E-state index is 0.00499. The minimum Gasteiger partial charge on any atom is -0.489 e. The maximum atomic E-state index is 12.7. The van der Waals surface area contributed by atoms with E-state index in [1.807, 2.05) is 84.9 Å². The number of benzene rings is 4. The standard InChI is InChI=1S/C30H24N2O3/c31-20-26(18-25-12-7-13-29(19-25)35-22-24-10-5-2-6-11-24)30(33)32-27-14-16-28(17-15-27)34-21-23-8-3-1-4-9-23/h1-19H,21-22H2,(H,32,33)/b26-18-. The van der Waals surface area contributed by atoms with Crippen molar-refractivity contribution in [3.63, 3.8) is 0 Å². The molecule has 0 fully saturated rings. The molecule has 172 valence electrons. The van der Waals surface area contributed by atoms with Crippen molar-refractivity contribution >= 4 is 17.7 Å². The number of hydrogen-bond acceptors (Lipinski definition) is 4. The van der Waals surface area contributed by atoms with Crippen molar-refractivity contribution in [1.82, 2.24) is 0 Å². The molecule has 0 saturated heterocycles. The summed E-state index contributed by atoms with van der Waals surface area (Å²) in [5, 5.41) is 12.3. The van der Waals surface area contributed by atoms with Gasteiger partial charge >= 0.3 is 0 Å². The lowest BCUT2D eigenvalue weighted by molar-refractivity contribution is -0.112. The summed E-state index contributed by atoms with van der Waals surface area (Å²) < 4.78 is 11.6. The Morgan fingerprint density at radius 2 is 1.34 bits per heavy atom. The molecular formula is C30H24N2O3. The molecular weight excluding hydrogens is 436 g/mol. The summed E-state index contributed by atoms with van der Waals surface area (Å²) in [6, 6.07) is 36.0. The molecule has 0 heterocycles. The van der Waals surface area contributed by atoms with Gasteiger partial charge in [-0.15, -0.1) is 0 Å². The highest BCUT2D eigenvalue weighted by Crippen LogP contribution is 2.20. The van der Waals surface area contributed by atoms with Crippen molar-refractivity contribution in [2.45, 2.75) is 13.2 Å². The third-order valence-electron chi connectivity index (χ3n) is 5.14. The van der Waals surface area contributed by atoms with Crippen LogP contribution < -0.4 is 14.8 Å². The van der Waals surface area contributed by atoms with Gasteiger partial charge in [0.25, 0.3) is 5.91 Å². The van der Waals surface area contributed by atoms with E-state index in [0.29, 0.717) is 36.0 Å².